The van der Waals surface area contributed by atoms with Crippen LogP contribution in [0.4, 0.5) is 0 Å². The van der Waals surface area contributed by atoms with E-state index >= 15 is 0 Å². The van der Waals surface area contributed by atoms with Crippen LogP contribution in [0.1, 0.15) is 12.0 Å². The van der Waals surface area contributed by atoms with Gasteiger partial charge in [-0.2, -0.15) is 12.6 Å². The second kappa shape index (κ2) is 4.81. The smallest absolute Gasteiger partial charge is 0.0585 e. The molecule has 15 heavy (non-hydrogen) atoms. The van der Waals surface area contributed by atoms with Crippen LogP contribution in [0.2, 0.25) is 0 Å². The SMILES string of the molecule is CSc1ccc(C2(CCS)COC2)cc1. The molecule has 1 aliphatic rings. The molecule has 1 aliphatic heterocycles. The zero-order valence-corrected chi connectivity index (χ0v) is 10.6. The average Bonchev–Trinajstić information content (AvgIpc) is 2.24. The first-order valence-corrected chi connectivity index (χ1v) is 7.00. The lowest BCUT2D eigenvalue weighted by molar-refractivity contribution is -0.0613. The molecule has 0 bridgehead atoms. The predicted octanol–water partition coefficient (Wildman–Crippen LogP) is 3.00. The summed E-state index contributed by atoms with van der Waals surface area (Å²) in [5, 5.41) is 0. The van der Waals surface area contributed by atoms with E-state index in [1.54, 1.807) is 11.8 Å². The molecule has 1 heterocycles. The van der Waals surface area contributed by atoms with Gasteiger partial charge in [0.05, 0.1) is 13.2 Å². The quantitative estimate of drug-likeness (QED) is 0.640. The van der Waals surface area contributed by atoms with Gasteiger partial charge in [0.2, 0.25) is 0 Å². The van der Waals surface area contributed by atoms with Gasteiger partial charge < -0.3 is 4.74 Å². The van der Waals surface area contributed by atoms with E-state index < -0.39 is 0 Å². The maximum Gasteiger partial charge on any atom is 0.0585 e. The summed E-state index contributed by atoms with van der Waals surface area (Å²) in [6, 6.07) is 8.85. The van der Waals surface area contributed by atoms with E-state index in [-0.39, 0.29) is 5.41 Å². The van der Waals surface area contributed by atoms with E-state index in [9.17, 15) is 0 Å². The molecule has 1 nitrogen and oxygen atoms in total. The van der Waals surface area contributed by atoms with Crippen molar-refractivity contribution in [1.29, 1.82) is 0 Å². The van der Waals surface area contributed by atoms with Crippen LogP contribution >= 0.6 is 24.4 Å². The Kier molecular flexibility index (Phi) is 3.65. The second-order valence-electron chi connectivity index (χ2n) is 3.98. The molecule has 1 saturated heterocycles. The number of thiol groups is 1. The highest BCUT2D eigenvalue weighted by atomic mass is 32.2. The molecule has 82 valence electrons. The van der Waals surface area contributed by atoms with Crippen molar-refractivity contribution in [3.05, 3.63) is 29.8 Å². The van der Waals surface area contributed by atoms with Gasteiger partial charge in [-0.05, 0) is 36.1 Å². The molecule has 0 atom stereocenters. The molecular formula is C12H16OS2. The molecule has 0 amide bonds. The number of benzene rings is 1. The summed E-state index contributed by atoms with van der Waals surface area (Å²) < 4.78 is 5.36. The number of thioether (sulfide) groups is 1. The molecule has 1 aromatic carbocycles. The largest absolute Gasteiger partial charge is 0.379 e. The summed E-state index contributed by atoms with van der Waals surface area (Å²) in [5.74, 6) is 0.924. The minimum absolute atomic E-state index is 0.249. The van der Waals surface area contributed by atoms with Crippen molar-refractivity contribution >= 4 is 24.4 Å². The molecule has 0 aliphatic carbocycles. The van der Waals surface area contributed by atoms with Gasteiger partial charge in [0.25, 0.3) is 0 Å². The van der Waals surface area contributed by atoms with Gasteiger partial charge in [-0.15, -0.1) is 11.8 Å². The molecule has 0 unspecified atom stereocenters. The second-order valence-corrected chi connectivity index (χ2v) is 5.30. The van der Waals surface area contributed by atoms with Crippen molar-refractivity contribution in [2.75, 3.05) is 25.2 Å². The minimum Gasteiger partial charge on any atom is -0.379 e. The van der Waals surface area contributed by atoms with Gasteiger partial charge in [-0.3, -0.25) is 0 Å². The monoisotopic (exact) mass is 240 g/mol. The first-order valence-electron chi connectivity index (χ1n) is 5.14. The van der Waals surface area contributed by atoms with Crippen LogP contribution in [0, 0.1) is 0 Å². The fourth-order valence-electron chi connectivity index (χ4n) is 1.96. The summed E-state index contributed by atoms with van der Waals surface area (Å²) in [5.41, 5.74) is 1.65. The van der Waals surface area contributed by atoms with E-state index in [2.05, 4.69) is 43.2 Å². The third-order valence-electron chi connectivity index (χ3n) is 3.05. The molecule has 0 N–H and O–H groups in total. The first-order chi connectivity index (χ1) is 7.30. The van der Waals surface area contributed by atoms with Crippen molar-refractivity contribution < 1.29 is 4.74 Å². The lowest BCUT2D eigenvalue weighted by atomic mass is 9.76. The molecular weight excluding hydrogens is 224 g/mol. The topological polar surface area (TPSA) is 9.23 Å². The van der Waals surface area contributed by atoms with Crippen molar-refractivity contribution in [1.82, 2.24) is 0 Å². The van der Waals surface area contributed by atoms with Gasteiger partial charge in [0, 0.05) is 10.3 Å². The summed E-state index contributed by atoms with van der Waals surface area (Å²) in [6.07, 6.45) is 3.21. The van der Waals surface area contributed by atoms with Gasteiger partial charge in [0.15, 0.2) is 0 Å². The predicted molar refractivity (Wildman–Crippen MR) is 69.2 cm³/mol. The Balaban J connectivity index is 2.19. The van der Waals surface area contributed by atoms with Crippen LogP contribution in [0.3, 0.4) is 0 Å². The highest BCUT2D eigenvalue weighted by Crippen LogP contribution is 2.36. The standard InChI is InChI=1S/C12H16OS2/c1-15-11-4-2-10(3-5-11)12(6-7-14)8-13-9-12/h2-5,14H,6-9H2,1H3. The number of ether oxygens (including phenoxy) is 1. The Morgan fingerprint density at radius 2 is 2.00 bits per heavy atom. The molecule has 0 saturated carbocycles. The maximum absolute atomic E-state index is 5.36. The summed E-state index contributed by atoms with van der Waals surface area (Å²) in [7, 11) is 0. The highest BCUT2D eigenvalue weighted by molar-refractivity contribution is 7.98. The Hall–Kier alpha value is -0.120. The number of hydrogen-bond donors (Lipinski definition) is 1. The fraction of sp³-hybridized carbons (Fsp3) is 0.500. The van der Waals surface area contributed by atoms with Crippen molar-refractivity contribution in [2.24, 2.45) is 0 Å². The Morgan fingerprint density at radius 3 is 2.40 bits per heavy atom. The molecule has 2 rings (SSSR count). The molecule has 0 radical (unpaired) electrons. The van der Waals surface area contributed by atoms with E-state index in [1.807, 2.05) is 0 Å². The van der Waals surface area contributed by atoms with Gasteiger partial charge in [-0.1, -0.05) is 12.1 Å². The lowest BCUT2D eigenvalue weighted by Crippen LogP contribution is -2.47. The Bertz CT molecular complexity index is 317. The van der Waals surface area contributed by atoms with Gasteiger partial charge in [-0.25, -0.2) is 0 Å². The summed E-state index contributed by atoms with van der Waals surface area (Å²) >= 11 is 6.11. The van der Waals surface area contributed by atoms with Crippen LogP contribution in [0.25, 0.3) is 0 Å². The molecule has 3 heteroatoms. The van der Waals surface area contributed by atoms with Crippen LogP contribution in [0.15, 0.2) is 29.2 Å². The van der Waals surface area contributed by atoms with Gasteiger partial charge in [0.1, 0.15) is 0 Å². The lowest BCUT2D eigenvalue weighted by Gasteiger charge is -2.42. The van der Waals surface area contributed by atoms with E-state index in [0.29, 0.717) is 0 Å². The highest BCUT2D eigenvalue weighted by Gasteiger charge is 2.39. The zero-order valence-electron chi connectivity index (χ0n) is 8.90. The van der Waals surface area contributed by atoms with Crippen molar-refractivity contribution in [2.45, 2.75) is 16.7 Å². The minimum atomic E-state index is 0.249. The van der Waals surface area contributed by atoms with Crippen molar-refractivity contribution in [3.8, 4) is 0 Å². The van der Waals surface area contributed by atoms with Crippen LogP contribution < -0.4 is 0 Å². The fourth-order valence-corrected chi connectivity index (χ4v) is 2.80. The number of hydrogen-bond acceptors (Lipinski definition) is 3. The summed E-state index contributed by atoms with van der Waals surface area (Å²) in [6.45, 7) is 1.71. The molecule has 1 fully saturated rings. The summed E-state index contributed by atoms with van der Waals surface area (Å²) in [4.78, 5) is 1.32. The van der Waals surface area contributed by atoms with Crippen molar-refractivity contribution in [3.63, 3.8) is 0 Å². The van der Waals surface area contributed by atoms with Gasteiger partial charge >= 0.3 is 0 Å². The third kappa shape index (κ3) is 2.19. The van der Waals surface area contributed by atoms with E-state index in [4.69, 9.17) is 4.74 Å². The van der Waals surface area contributed by atoms with Crippen LogP contribution in [-0.4, -0.2) is 25.2 Å². The average molecular weight is 240 g/mol. The molecule has 1 aromatic rings. The maximum atomic E-state index is 5.36. The molecule has 0 aromatic heterocycles. The Labute approximate surface area is 101 Å². The zero-order chi connectivity index (χ0) is 10.7. The van der Waals surface area contributed by atoms with E-state index in [1.165, 1.54) is 10.5 Å². The third-order valence-corrected chi connectivity index (χ3v) is 4.02. The van der Waals surface area contributed by atoms with E-state index in [0.717, 1.165) is 25.4 Å². The van der Waals surface area contributed by atoms with Crippen LogP contribution in [0.5, 0.6) is 0 Å². The van der Waals surface area contributed by atoms with Crippen LogP contribution in [-0.2, 0) is 10.2 Å². The Morgan fingerprint density at radius 1 is 1.33 bits per heavy atom. The first kappa shape index (κ1) is 11.4. The number of rotatable bonds is 4. The molecule has 0 spiro atoms. The normalized spacial score (nSPS) is 18.5.